The van der Waals surface area contributed by atoms with Crippen LogP contribution in [0.2, 0.25) is 0 Å². The third-order valence-electron chi connectivity index (χ3n) is 8.60. The summed E-state index contributed by atoms with van der Waals surface area (Å²) in [6.07, 6.45) is 6.27. The van der Waals surface area contributed by atoms with Crippen molar-refractivity contribution in [1.29, 1.82) is 0 Å². The minimum Gasteiger partial charge on any atom is -0.345 e. The molecule has 0 saturated heterocycles. The largest absolute Gasteiger partial charge is 0.345 e. The molecule has 5 rings (SSSR count). The summed E-state index contributed by atoms with van der Waals surface area (Å²) in [6, 6.07) is 13.4. The normalized spacial score (nSPS) is 21.5. The van der Waals surface area contributed by atoms with E-state index in [2.05, 4.69) is 53.6 Å². The first kappa shape index (κ1) is 29.5. The summed E-state index contributed by atoms with van der Waals surface area (Å²) < 4.78 is 14.3. The Morgan fingerprint density at radius 1 is 1.17 bits per heavy atom. The van der Waals surface area contributed by atoms with Crippen molar-refractivity contribution in [2.75, 3.05) is 0 Å². The van der Waals surface area contributed by atoms with Crippen LogP contribution in [0.3, 0.4) is 0 Å². The summed E-state index contributed by atoms with van der Waals surface area (Å²) in [5.41, 5.74) is 1.68. The molecule has 2 heterocycles. The van der Waals surface area contributed by atoms with Crippen LogP contribution in [0.1, 0.15) is 106 Å². The van der Waals surface area contributed by atoms with Crippen LogP contribution in [0, 0.1) is 17.2 Å². The fourth-order valence-electron chi connectivity index (χ4n) is 6.16. The number of carbonyl (C=O) groups excluding carboxylic acids is 2. The van der Waals surface area contributed by atoms with Crippen LogP contribution in [0.4, 0.5) is 4.39 Å². The number of aromatic amines is 1. The molecule has 1 atom stereocenters. The number of hydrogen-bond acceptors (Lipinski definition) is 6. The molecule has 222 valence electrons. The van der Waals surface area contributed by atoms with E-state index >= 15 is 0 Å². The monoisotopic (exact) mass is 573 g/mol. The molecule has 0 radical (unpaired) electrons. The fourth-order valence-corrected chi connectivity index (χ4v) is 6.16. The van der Waals surface area contributed by atoms with Gasteiger partial charge in [-0.3, -0.25) is 14.6 Å². The van der Waals surface area contributed by atoms with Gasteiger partial charge in [-0.25, -0.2) is 4.39 Å². The minimum absolute atomic E-state index is 0.0509. The highest BCUT2D eigenvalue weighted by molar-refractivity contribution is 6.46. The van der Waals surface area contributed by atoms with Crippen LogP contribution in [0.15, 0.2) is 53.5 Å². The van der Waals surface area contributed by atoms with E-state index in [0.717, 1.165) is 50.5 Å². The van der Waals surface area contributed by atoms with Crippen LogP contribution in [-0.4, -0.2) is 48.7 Å². The van der Waals surface area contributed by atoms with E-state index in [4.69, 9.17) is 4.99 Å². The molecule has 1 spiro atoms. The number of carbonyl (C=O) groups is 2. The third-order valence-corrected chi connectivity index (χ3v) is 8.60. The van der Waals surface area contributed by atoms with Crippen molar-refractivity contribution in [1.82, 2.24) is 30.8 Å². The van der Waals surface area contributed by atoms with E-state index in [1.54, 1.807) is 24.3 Å². The number of benzene rings is 2. The molecule has 10 heteroatoms. The van der Waals surface area contributed by atoms with Gasteiger partial charge in [-0.15, -0.1) is 10.2 Å². The molecular weight excluding hydrogens is 533 g/mol. The Hall–Kier alpha value is -3.95. The maximum Gasteiger partial charge on any atom is 0.275 e. The van der Waals surface area contributed by atoms with Crippen molar-refractivity contribution in [3.63, 3.8) is 0 Å². The smallest absolute Gasteiger partial charge is 0.275 e. The van der Waals surface area contributed by atoms with Gasteiger partial charge >= 0.3 is 0 Å². The van der Waals surface area contributed by atoms with E-state index in [-0.39, 0.29) is 35.6 Å². The van der Waals surface area contributed by atoms with Crippen molar-refractivity contribution in [2.24, 2.45) is 16.3 Å². The van der Waals surface area contributed by atoms with Gasteiger partial charge in [0, 0.05) is 11.1 Å². The molecule has 2 aromatic carbocycles. The molecule has 1 aliphatic carbocycles. The van der Waals surface area contributed by atoms with Gasteiger partial charge in [-0.05, 0) is 79.7 Å². The average Bonchev–Trinajstić information content (AvgIpc) is 3.59. The highest BCUT2D eigenvalue weighted by Gasteiger charge is 2.51. The third kappa shape index (κ3) is 6.42. The van der Waals surface area contributed by atoms with Gasteiger partial charge in [0.1, 0.15) is 17.2 Å². The molecule has 2 aliphatic rings. The van der Waals surface area contributed by atoms with Gasteiger partial charge < -0.3 is 10.2 Å². The van der Waals surface area contributed by atoms with Crippen molar-refractivity contribution in [3.8, 4) is 0 Å². The number of nitrogens with zero attached hydrogens (tertiary/aromatic N) is 5. The van der Waals surface area contributed by atoms with E-state index in [1.165, 1.54) is 12.1 Å². The topological polar surface area (TPSA) is 116 Å². The van der Waals surface area contributed by atoms with Crippen LogP contribution >= 0.6 is 0 Å². The number of aliphatic imine (C=N–C) groups is 1. The number of nitrogens with one attached hydrogen (secondary N) is 2. The highest BCUT2D eigenvalue weighted by atomic mass is 19.1. The number of halogens is 1. The number of aromatic nitrogens is 4. The zero-order chi connectivity index (χ0) is 29.9. The van der Waals surface area contributed by atoms with Gasteiger partial charge in [-0.1, -0.05) is 63.6 Å². The second kappa shape index (κ2) is 12.1. The Kier molecular flexibility index (Phi) is 8.52. The highest BCUT2D eigenvalue weighted by Crippen LogP contribution is 2.48. The molecule has 2 amide bonds. The number of hydrogen-bond donors (Lipinski definition) is 2. The van der Waals surface area contributed by atoms with E-state index in [1.807, 2.05) is 17.0 Å². The van der Waals surface area contributed by atoms with Gasteiger partial charge in [0.25, 0.3) is 11.8 Å². The summed E-state index contributed by atoms with van der Waals surface area (Å²) in [4.78, 5) is 34.3. The number of amides is 2. The van der Waals surface area contributed by atoms with Crippen molar-refractivity contribution in [2.45, 2.75) is 90.9 Å². The summed E-state index contributed by atoms with van der Waals surface area (Å²) in [5, 5.41) is 16.4. The zero-order valence-corrected chi connectivity index (χ0v) is 24.9. The van der Waals surface area contributed by atoms with Gasteiger partial charge in [0.2, 0.25) is 0 Å². The maximum atomic E-state index is 14.3. The summed E-state index contributed by atoms with van der Waals surface area (Å²) in [5.74, 6) is 0.214. The van der Waals surface area contributed by atoms with E-state index in [9.17, 15) is 14.0 Å². The standard InChI is InChI=1S/C32H40FN7O2/c1-5-21-13-17-32(18-14-21)35-28(24-7-6-8-25(33)19-24)30(42)40(32)26(15-16-31(2,3)4)22-9-11-23(12-10-22)29(41)34-20-27-36-38-39-37-27/h6-12,19,21,26H,5,13-18,20H2,1-4H3,(H,34,41)(H,36,37,38,39)/t21?,26-,32?/m1/s1. The molecule has 1 saturated carbocycles. The fraction of sp³-hybridized carbons (Fsp3) is 0.500. The molecule has 1 fully saturated rings. The molecule has 1 aromatic heterocycles. The Morgan fingerprint density at radius 2 is 1.90 bits per heavy atom. The van der Waals surface area contributed by atoms with Crippen LogP contribution in [0.5, 0.6) is 0 Å². The molecule has 0 bridgehead atoms. The van der Waals surface area contributed by atoms with E-state index < -0.39 is 5.66 Å². The Bertz CT molecular complexity index is 1420. The average molecular weight is 574 g/mol. The van der Waals surface area contributed by atoms with Crippen molar-refractivity contribution < 1.29 is 14.0 Å². The molecule has 42 heavy (non-hydrogen) atoms. The summed E-state index contributed by atoms with van der Waals surface area (Å²) in [7, 11) is 0. The Morgan fingerprint density at radius 3 is 2.52 bits per heavy atom. The lowest BCUT2D eigenvalue weighted by Gasteiger charge is -2.45. The van der Waals surface area contributed by atoms with Gasteiger partial charge in [0.05, 0.1) is 12.6 Å². The van der Waals surface area contributed by atoms with Gasteiger partial charge in [-0.2, -0.15) is 5.21 Å². The predicted octanol–water partition coefficient (Wildman–Crippen LogP) is 5.76. The SMILES string of the molecule is CCC1CCC2(CC1)N=C(c1cccc(F)c1)C(=O)N2[C@H](CCC(C)(C)C)c1ccc(C(=O)NCc2nn[nH]n2)cc1. The lowest BCUT2D eigenvalue weighted by Crippen LogP contribution is -2.51. The van der Waals surface area contributed by atoms with Crippen molar-refractivity contribution >= 4 is 17.5 Å². The second-order valence-corrected chi connectivity index (χ2v) is 12.7. The molecule has 2 N–H and O–H groups in total. The zero-order valence-electron chi connectivity index (χ0n) is 24.9. The van der Waals surface area contributed by atoms with Gasteiger partial charge in [0.15, 0.2) is 5.82 Å². The van der Waals surface area contributed by atoms with Crippen LogP contribution in [-0.2, 0) is 11.3 Å². The molecule has 1 aliphatic heterocycles. The Balaban J connectivity index is 1.48. The predicted molar refractivity (Wildman–Crippen MR) is 158 cm³/mol. The first-order valence-electron chi connectivity index (χ1n) is 14.9. The molecule has 3 aromatic rings. The number of rotatable bonds is 9. The van der Waals surface area contributed by atoms with Crippen molar-refractivity contribution in [3.05, 3.63) is 76.9 Å². The Labute approximate surface area is 246 Å². The molecule has 0 unspecified atom stereocenters. The van der Waals surface area contributed by atoms with Crippen LogP contribution < -0.4 is 5.32 Å². The second-order valence-electron chi connectivity index (χ2n) is 12.7. The number of H-pyrrole nitrogens is 1. The lowest BCUT2D eigenvalue weighted by molar-refractivity contribution is -0.133. The van der Waals surface area contributed by atoms with E-state index in [0.29, 0.717) is 28.6 Å². The number of tetrazole rings is 1. The first-order chi connectivity index (χ1) is 20.1. The van der Waals surface area contributed by atoms with Crippen LogP contribution in [0.25, 0.3) is 0 Å². The minimum atomic E-state index is -0.673. The quantitative estimate of drug-likeness (QED) is 0.337. The molecular formula is C32H40FN7O2. The summed E-state index contributed by atoms with van der Waals surface area (Å²) >= 11 is 0. The maximum absolute atomic E-state index is 14.3. The first-order valence-corrected chi connectivity index (χ1v) is 14.9. The molecule has 9 nitrogen and oxygen atoms in total. The lowest BCUT2D eigenvalue weighted by atomic mass is 9.78. The summed E-state index contributed by atoms with van der Waals surface area (Å²) in [6.45, 7) is 8.97.